The highest BCUT2D eigenvalue weighted by Gasteiger charge is 2.22. The molecule has 0 aliphatic carbocycles. The second kappa shape index (κ2) is 24.9. The molecule has 6 amide bonds. The Bertz CT molecular complexity index is 776. The van der Waals surface area contributed by atoms with Crippen molar-refractivity contribution in [1.29, 1.82) is 0 Å². The Kier molecular flexibility index (Phi) is 25.7. The topological polar surface area (TPSA) is 172 Å². The van der Waals surface area contributed by atoms with Gasteiger partial charge in [0.05, 0.1) is 6.54 Å². The first-order valence-corrected chi connectivity index (χ1v) is 13.7. The molecule has 226 valence electrons. The highest BCUT2D eigenvalue weighted by Crippen LogP contribution is 2.04. The third-order valence-electron chi connectivity index (χ3n) is 4.49. The van der Waals surface area contributed by atoms with E-state index < -0.39 is 18.0 Å². The summed E-state index contributed by atoms with van der Waals surface area (Å²) in [5.74, 6) is -0.0148. The average molecular weight is 555 g/mol. The number of urea groups is 1. The van der Waals surface area contributed by atoms with Crippen LogP contribution in [0.1, 0.15) is 75.2 Å². The zero-order valence-corrected chi connectivity index (χ0v) is 25.6. The summed E-state index contributed by atoms with van der Waals surface area (Å²) >= 11 is 0. The molecule has 1 aliphatic heterocycles. The SMILES string of the molecule is CC.CC(C)C.CC(C)[C@H]1/C=C/C(=O)NCC/C=C/CC(=O)N1.CNC(=O)[C@@H](NC(=O)NCC(N)=O)C(C)C. The van der Waals surface area contributed by atoms with E-state index in [2.05, 4.69) is 47.4 Å². The monoisotopic (exact) mass is 554 g/mol. The van der Waals surface area contributed by atoms with Crippen LogP contribution in [0, 0.1) is 17.8 Å². The summed E-state index contributed by atoms with van der Waals surface area (Å²) in [7, 11) is 1.49. The van der Waals surface area contributed by atoms with Gasteiger partial charge in [0, 0.05) is 32.1 Å². The van der Waals surface area contributed by atoms with Crippen LogP contribution >= 0.6 is 0 Å². The number of rotatable bonds is 6. The summed E-state index contributed by atoms with van der Waals surface area (Å²) < 4.78 is 0. The van der Waals surface area contributed by atoms with Crippen molar-refractivity contribution < 1.29 is 24.0 Å². The Labute approximate surface area is 235 Å². The lowest BCUT2D eigenvalue weighted by Gasteiger charge is -2.20. The van der Waals surface area contributed by atoms with Gasteiger partial charge in [-0.15, -0.1) is 0 Å². The fraction of sp³-hybridized carbons (Fsp3) is 0.679. The molecule has 0 aromatic rings. The second-order valence-corrected chi connectivity index (χ2v) is 9.81. The lowest BCUT2D eigenvalue weighted by molar-refractivity contribution is -0.123. The number of hydrogen-bond donors (Lipinski definition) is 6. The molecule has 0 aromatic carbocycles. The van der Waals surface area contributed by atoms with E-state index in [0.29, 0.717) is 13.0 Å². The first-order chi connectivity index (χ1) is 18.2. The summed E-state index contributed by atoms with van der Waals surface area (Å²) in [4.78, 5) is 56.1. The largest absolute Gasteiger partial charge is 0.368 e. The van der Waals surface area contributed by atoms with Gasteiger partial charge in [-0.25, -0.2) is 4.79 Å². The lowest BCUT2D eigenvalue weighted by Crippen LogP contribution is -2.52. The van der Waals surface area contributed by atoms with Crippen LogP contribution in [0.4, 0.5) is 4.79 Å². The maximum Gasteiger partial charge on any atom is 0.315 e. The standard InChI is InChI=1S/C13H20N2O2.C9H18N4O3.C4H10.C2H6/c1-10(2)11-7-8-12(16)14-9-5-3-4-6-13(17)15-11;1-5(2)7(8(15)11-3)13-9(16)12-4-6(10)14;1-4(2)3;1-2/h3-4,7-8,10-11H,5-6,9H2,1-2H3,(H,14,16)(H,15,17);5,7H,4H2,1-3H3,(H2,10,14)(H,11,15)(H2,12,13,16);4H,1-3H3;1-2H3/b4-3+,8-7+;;;/t11-;7-;;/m10../s1. The Morgan fingerprint density at radius 3 is 2.05 bits per heavy atom. The van der Waals surface area contributed by atoms with Crippen LogP contribution in [0.5, 0.6) is 0 Å². The predicted molar refractivity (Wildman–Crippen MR) is 158 cm³/mol. The van der Waals surface area contributed by atoms with Crippen LogP contribution in [0.15, 0.2) is 24.3 Å². The van der Waals surface area contributed by atoms with Gasteiger partial charge in [-0.05, 0) is 24.2 Å². The van der Waals surface area contributed by atoms with Gasteiger partial charge in [0.1, 0.15) is 6.04 Å². The lowest BCUT2D eigenvalue weighted by atomic mass is 10.0. The maximum atomic E-state index is 11.6. The summed E-state index contributed by atoms with van der Waals surface area (Å²) in [5.41, 5.74) is 4.86. The van der Waals surface area contributed by atoms with Crippen LogP contribution in [0.3, 0.4) is 0 Å². The van der Waals surface area contributed by atoms with E-state index in [1.54, 1.807) is 19.9 Å². The van der Waals surface area contributed by atoms with Crippen molar-refractivity contribution in [3.8, 4) is 0 Å². The van der Waals surface area contributed by atoms with Gasteiger partial charge in [0.25, 0.3) is 0 Å². The number of likely N-dealkylation sites (N-methyl/N-ethyl adjacent to an activating group) is 1. The van der Waals surface area contributed by atoms with Crippen molar-refractivity contribution in [1.82, 2.24) is 26.6 Å². The predicted octanol–water partition coefficient (Wildman–Crippen LogP) is 2.38. The summed E-state index contributed by atoms with van der Waals surface area (Å²) in [6, 6.07) is -1.33. The molecule has 2 atom stereocenters. The van der Waals surface area contributed by atoms with Gasteiger partial charge in [0.2, 0.25) is 23.6 Å². The fourth-order valence-corrected chi connectivity index (χ4v) is 2.57. The molecule has 0 spiro atoms. The highest BCUT2D eigenvalue weighted by atomic mass is 16.2. The molecule has 1 rings (SSSR count). The van der Waals surface area contributed by atoms with Gasteiger partial charge in [-0.3, -0.25) is 19.2 Å². The van der Waals surface area contributed by atoms with Crippen molar-refractivity contribution in [2.24, 2.45) is 23.5 Å². The molecule has 11 heteroatoms. The van der Waals surface area contributed by atoms with E-state index in [9.17, 15) is 24.0 Å². The first kappa shape index (κ1) is 40.1. The number of hydrogen-bond acceptors (Lipinski definition) is 5. The van der Waals surface area contributed by atoms with Crippen LogP contribution < -0.4 is 32.3 Å². The number of carbonyl (C=O) groups is 5. The third kappa shape index (κ3) is 26.0. The van der Waals surface area contributed by atoms with Crippen molar-refractivity contribution >= 4 is 29.7 Å². The number of nitrogens with two attached hydrogens (primary N) is 1. The van der Waals surface area contributed by atoms with Crippen LogP contribution in [-0.2, 0) is 19.2 Å². The normalized spacial score (nSPS) is 17.4. The molecule has 0 fully saturated rings. The van der Waals surface area contributed by atoms with Gasteiger partial charge in [-0.2, -0.15) is 0 Å². The van der Waals surface area contributed by atoms with Crippen LogP contribution in [-0.4, -0.2) is 61.9 Å². The number of primary amides is 1. The van der Waals surface area contributed by atoms with Gasteiger partial charge < -0.3 is 32.3 Å². The third-order valence-corrected chi connectivity index (χ3v) is 4.49. The average Bonchev–Trinajstić information content (AvgIpc) is 2.85. The minimum Gasteiger partial charge on any atom is -0.368 e. The molecule has 7 N–H and O–H groups in total. The molecule has 0 aromatic heterocycles. The molecule has 0 saturated carbocycles. The van der Waals surface area contributed by atoms with E-state index in [1.165, 1.54) is 13.1 Å². The first-order valence-electron chi connectivity index (χ1n) is 13.7. The summed E-state index contributed by atoms with van der Waals surface area (Å²) in [6.07, 6.45) is 8.14. The van der Waals surface area contributed by atoms with Crippen molar-refractivity contribution in [2.75, 3.05) is 20.1 Å². The molecule has 1 aliphatic rings. The van der Waals surface area contributed by atoms with E-state index >= 15 is 0 Å². The van der Waals surface area contributed by atoms with Gasteiger partial charge >= 0.3 is 6.03 Å². The van der Waals surface area contributed by atoms with Crippen LogP contribution in [0.2, 0.25) is 0 Å². The number of amides is 6. The summed E-state index contributed by atoms with van der Waals surface area (Å²) in [5, 5.41) is 12.8. The minimum absolute atomic E-state index is 0.00872. The molecule has 39 heavy (non-hydrogen) atoms. The fourth-order valence-electron chi connectivity index (χ4n) is 2.57. The van der Waals surface area contributed by atoms with E-state index in [-0.39, 0.29) is 42.1 Å². The Hall–Kier alpha value is -3.37. The van der Waals surface area contributed by atoms with Gasteiger partial charge in [-0.1, -0.05) is 80.5 Å². The number of carbonyl (C=O) groups excluding carboxylic acids is 5. The minimum atomic E-state index is -0.642. The zero-order chi connectivity index (χ0) is 31.0. The molecule has 0 saturated heterocycles. The smallest absolute Gasteiger partial charge is 0.315 e. The van der Waals surface area contributed by atoms with Crippen molar-refractivity contribution in [3.63, 3.8) is 0 Å². The van der Waals surface area contributed by atoms with Crippen LogP contribution in [0.25, 0.3) is 0 Å². The summed E-state index contributed by atoms with van der Waals surface area (Å²) in [6.45, 7) is 18.5. The van der Waals surface area contributed by atoms with E-state index in [0.717, 1.165) is 12.3 Å². The van der Waals surface area contributed by atoms with Gasteiger partial charge in [0.15, 0.2) is 0 Å². The molecule has 0 radical (unpaired) electrons. The molecule has 0 unspecified atom stereocenters. The Balaban J connectivity index is -0.000000554. The number of nitrogens with one attached hydrogen (secondary N) is 5. The van der Waals surface area contributed by atoms with Crippen molar-refractivity contribution in [2.45, 2.75) is 87.2 Å². The molecule has 1 heterocycles. The zero-order valence-electron chi connectivity index (χ0n) is 25.6. The molecular formula is C28H54N6O5. The second-order valence-electron chi connectivity index (χ2n) is 9.81. The van der Waals surface area contributed by atoms with E-state index in [4.69, 9.17) is 5.73 Å². The highest BCUT2D eigenvalue weighted by molar-refractivity contribution is 5.89. The maximum absolute atomic E-state index is 11.6. The van der Waals surface area contributed by atoms with E-state index in [1.807, 2.05) is 39.8 Å². The molecular weight excluding hydrogens is 500 g/mol. The van der Waals surface area contributed by atoms with Crippen molar-refractivity contribution in [3.05, 3.63) is 24.3 Å². The molecule has 11 nitrogen and oxygen atoms in total. The Morgan fingerprint density at radius 1 is 1.03 bits per heavy atom. The Morgan fingerprint density at radius 2 is 1.59 bits per heavy atom. The quantitative estimate of drug-likeness (QED) is 0.276. The molecule has 0 bridgehead atoms.